The number of nitrogens with zero attached hydrogens (tertiary/aromatic N) is 2. The maximum absolute atomic E-state index is 13.6. The van der Waals surface area contributed by atoms with E-state index in [0.29, 0.717) is 18.3 Å². The minimum atomic E-state index is -5.15. The Morgan fingerprint density at radius 1 is 0.968 bits per heavy atom. The molecule has 0 aliphatic heterocycles. The summed E-state index contributed by atoms with van der Waals surface area (Å²) in [5.41, 5.74) is -0.586. The van der Waals surface area contributed by atoms with Crippen molar-refractivity contribution in [2.45, 2.75) is 19.3 Å². The number of alkyl halides is 6. The number of rotatable bonds is 3. The Morgan fingerprint density at radius 3 is 2.16 bits per heavy atom. The molecule has 0 radical (unpaired) electrons. The molecule has 0 saturated heterocycles. The molecule has 0 spiro atoms. The molecule has 0 aliphatic rings. The first-order valence-electron chi connectivity index (χ1n) is 8.37. The molecule has 164 valence electrons. The molecule has 2 N–H and O–H groups in total. The van der Waals surface area contributed by atoms with Crippen molar-refractivity contribution >= 4 is 11.8 Å². The van der Waals surface area contributed by atoms with E-state index >= 15 is 0 Å². The molecule has 1 aromatic carbocycles. The summed E-state index contributed by atoms with van der Waals surface area (Å²) in [6.07, 6.45) is -8.21. The lowest BCUT2D eigenvalue weighted by molar-refractivity contribution is -0.143. The molecule has 0 aliphatic carbocycles. The van der Waals surface area contributed by atoms with Crippen LogP contribution in [0.3, 0.4) is 0 Å². The highest BCUT2D eigenvalue weighted by Gasteiger charge is 2.41. The fraction of sp³-hybridized carbons (Fsp3) is 0.167. The fourth-order valence-electron chi connectivity index (χ4n) is 2.67. The van der Waals surface area contributed by atoms with Gasteiger partial charge in [0.15, 0.2) is 5.69 Å². The standard InChI is InChI=1S/C18H12F6N4O3/c1-9-12(5-6-31-9)15(29)26-27-16(30)13-8-25-28(14(13)18(22,23)24)11-4-2-3-10(7-11)17(19,20)21/h2-8H,1H3,(H,26,29)(H,27,30). The average Bonchev–Trinajstić information content (AvgIpc) is 3.31. The molecular formula is C18H12F6N4O3. The normalized spacial score (nSPS) is 12.0. The van der Waals surface area contributed by atoms with Gasteiger partial charge in [0.05, 0.1) is 34.8 Å². The quantitative estimate of drug-likeness (QED) is 0.472. The number of hydrogen-bond donors (Lipinski definition) is 2. The predicted octanol–water partition coefficient (Wildman–Crippen LogP) is 3.89. The summed E-state index contributed by atoms with van der Waals surface area (Å²) in [5.74, 6) is -2.02. The number of halogens is 6. The second-order valence-corrected chi connectivity index (χ2v) is 6.16. The van der Waals surface area contributed by atoms with E-state index in [-0.39, 0.29) is 16.0 Å². The van der Waals surface area contributed by atoms with Crippen LogP contribution in [0.4, 0.5) is 26.3 Å². The zero-order chi connectivity index (χ0) is 23.0. The Bertz CT molecular complexity index is 1130. The highest BCUT2D eigenvalue weighted by molar-refractivity contribution is 6.00. The summed E-state index contributed by atoms with van der Waals surface area (Å²) in [6, 6.07) is 4.31. The van der Waals surface area contributed by atoms with Gasteiger partial charge < -0.3 is 4.42 Å². The molecule has 31 heavy (non-hydrogen) atoms. The monoisotopic (exact) mass is 446 g/mol. The molecule has 3 rings (SSSR count). The van der Waals surface area contributed by atoms with E-state index in [9.17, 15) is 35.9 Å². The van der Waals surface area contributed by atoms with E-state index in [1.54, 1.807) is 0 Å². The van der Waals surface area contributed by atoms with Gasteiger partial charge in [0.2, 0.25) is 0 Å². The van der Waals surface area contributed by atoms with Gasteiger partial charge in [0, 0.05) is 0 Å². The number of amides is 2. The van der Waals surface area contributed by atoms with Crippen LogP contribution in [0.5, 0.6) is 0 Å². The number of carbonyl (C=O) groups excluding carboxylic acids is 2. The third-order valence-electron chi connectivity index (χ3n) is 4.09. The van der Waals surface area contributed by atoms with Crippen LogP contribution in [0.25, 0.3) is 5.69 Å². The van der Waals surface area contributed by atoms with Crippen LogP contribution in [0.15, 0.2) is 47.2 Å². The van der Waals surface area contributed by atoms with E-state index in [1.165, 1.54) is 19.3 Å². The van der Waals surface area contributed by atoms with Crippen molar-refractivity contribution in [1.29, 1.82) is 0 Å². The lowest BCUT2D eigenvalue weighted by atomic mass is 10.1. The largest absolute Gasteiger partial charge is 0.469 e. The number of benzene rings is 1. The van der Waals surface area contributed by atoms with Crippen molar-refractivity contribution in [2.75, 3.05) is 0 Å². The van der Waals surface area contributed by atoms with Crippen LogP contribution in [0.1, 0.15) is 37.7 Å². The van der Waals surface area contributed by atoms with Gasteiger partial charge >= 0.3 is 12.4 Å². The first kappa shape index (κ1) is 21.9. The lowest BCUT2D eigenvalue weighted by Gasteiger charge is -2.14. The van der Waals surface area contributed by atoms with Crippen LogP contribution in [-0.2, 0) is 12.4 Å². The molecule has 13 heteroatoms. The SMILES string of the molecule is Cc1occc1C(=O)NNC(=O)c1cnn(-c2cccc(C(F)(F)F)c2)c1C(F)(F)F. The number of hydrogen-bond acceptors (Lipinski definition) is 4. The Morgan fingerprint density at radius 2 is 1.61 bits per heavy atom. The van der Waals surface area contributed by atoms with Crippen molar-refractivity contribution in [3.05, 3.63) is 70.9 Å². The number of furan rings is 1. The van der Waals surface area contributed by atoms with Gasteiger partial charge in [-0.2, -0.15) is 31.4 Å². The third-order valence-corrected chi connectivity index (χ3v) is 4.09. The molecule has 2 heterocycles. The minimum Gasteiger partial charge on any atom is -0.469 e. The van der Waals surface area contributed by atoms with Gasteiger partial charge in [-0.3, -0.25) is 20.4 Å². The Hall–Kier alpha value is -3.77. The molecule has 2 aromatic heterocycles. The summed E-state index contributed by atoms with van der Waals surface area (Å²) < 4.78 is 84.7. The molecule has 0 atom stereocenters. The summed E-state index contributed by atoms with van der Waals surface area (Å²) in [7, 11) is 0. The zero-order valence-electron chi connectivity index (χ0n) is 15.4. The zero-order valence-corrected chi connectivity index (χ0v) is 15.4. The first-order chi connectivity index (χ1) is 14.4. The third kappa shape index (κ3) is 4.54. The molecule has 0 saturated carbocycles. The molecular weight excluding hydrogens is 434 g/mol. The predicted molar refractivity (Wildman–Crippen MR) is 91.9 cm³/mol. The molecule has 3 aromatic rings. The van der Waals surface area contributed by atoms with Gasteiger partial charge in [0.25, 0.3) is 11.8 Å². The molecule has 0 fully saturated rings. The van der Waals surface area contributed by atoms with Crippen LogP contribution < -0.4 is 10.9 Å². The summed E-state index contributed by atoms with van der Waals surface area (Å²) in [4.78, 5) is 24.2. The second-order valence-electron chi connectivity index (χ2n) is 6.16. The van der Waals surface area contributed by atoms with Crippen LogP contribution in [0, 0.1) is 6.92 Å². The Labute approximate surface area is 169 Å². The highest BCUT2D eigenvalue weighted by atomic mass is 19.4. The number of aromatic nitrogens is 2. The lowest BCUT2D eigenvalue weighted by Crippen LogP contribution is -2.42. The Balaban J connectivity index is 1.92. The molecule has 2 amide bonds. The van der Waals surface area contributed by atoms with E-state index in [4.69, 9.17) is 4.42 Å². The van der Waals surface area contributed by atoms with Gasteiger partial charge in [-0.05, 0) is 31.2 Å². The van der Waals surface area contributed by atoms with Crippen LogP contribution in [-0.4, -0.2) is 21.6 Å². The summed E-state index contributed by atoms with van der Waals surface area (Å²) >= 11 is 0. The smallest absolute Gasteiger partial charge is 0.434 e. The summed E-state index contributed by atoms with van der Waals surface area (Å²) in [6.45, 7) is 1.46. The molecule has 0 unspecified atom stereocenters. The van der Waals surface area contributed by atoms with Gasteiger partial charge in [-0.15, -0.1) is 0 Å². The minimum absolute atomic E-state index is 0.0380. The van der Waals surface area contributed by atoms with E-state index < -0.39 is 46.7 Å². The van der Waals surface area contributed by atoms with E-state index in [2.05, 4.69) is 5.10 Å². The van der Waals surface area contributed by atoms with Crippen molar-refractivity contribution in [3.63, 3.8) is 0 Å². The van der Waals surface area contributed by atoms with E-state index in [1.807, 2.05) is 10.9 Å². The topological polar surface area (TPSA) is 89.2 Å². The summed E-state index contributed by atoms with van der Waals surface area (Å²) in [5, 5.41) is 3.43. The maximum Gasteiger partial charge on any atom is 0.434 e. The number of aryl methyl sites for hydroxylation is 1. The van der Waals surface area contributed by atoms with Gasteiger partial charge in [-0.1, -0.05) is 6.07 Å². The second kappa shape index (κ2) is 7.81. The van der Waals surface area contributed by atoms with E-state index in [0.717, 1.165) is 12.1 Å². The van der Waals surface area contributed by atoms with Gasteiger partial charge in [-0.25, -0.2) is 4.68 Å². The number of nitrogens with one attached hydrogen (secondary N) is 2. The number of hydrazine groups is 1. The average molecular weight is 446 g/mol. The van der Waals surface area contributed by atoms with Crippen molar-refractivity contribution in [1.82, 2.24) is 20.6 Å². The van der Waals surface area contributed by atoms with Crippen molar-refractivity contribution < 1.29 is 40.3 Å². The molecule has 0 bridgehead atoms. The van der Waals surface area contributed by atoms with Crippen LogP contribution in [0.2, 0.25) is 0 Å². The van der Waals surface area contributed by atoms with Crippen LogP contribution >= 0.6 is 0 Å². The van der Waals surface area contributed by atoms with Crippen molar-refractivity contribution in [3.8, 4) is 5.69 Å². The Kier molecular flexibility index (Phi) is 5.53. The van der Waals surface area contributed by atoms with Gasteiger partial charge in [0.1, 0.15) is 5.76 Å². The maximum atomic E-state index is 13.6. The molecule has 7 nitrogen and oxygen atoms in total. The highest BCUT2D eigenvalue weighted by Crippen LogP contribution is 2.35. The number of carbonyl (C=O) groups is 2. The first-order valence-corrected chi connectivity index (χ1v) is 8.37. The van der Waals surface area contributed by atoms with Crippen molar-refractivity contribution in [2.24, 2.45) is 0 Å². The fourth-order valence-corrected chi connectivity index (χ4v) is 2.67.